The maximum atomic E-state index is 12.4. The molecule has 2 heterocycles. The highest BCUT2D eigenvalue weighted by Crippen LogP contribution is 2.31. The number of hydrogen-bond donors (Lipinski definition) is 1. The molecule has 1 aromatic rings. The van der Waals surface area contributed by atoms with Crippen LogP contribution in [0.15, 0.2) is 18.2 Å². The monoisotopic (exact) mass is 308 g/mol. The summed E-state index contributed by atoms with van der Waals surface area (Å²) in [7, 11) is 1.85. The van der Waals surface area contributed by atoms with Crippen LogP contribution in [0, 0.1) is 0 Å². The standard InChI is InChI=1S/C15H20N2O3S/c1-17(15(18)12-10-21-7-4-16-12)9-11-2-3-13-14(8-11)20-6-5-19-13/h2-3,8,12,16H,4-7,9-10H2,1H3. The van der Waals surface area contributed by atoms with E-state index < -0.39 is 0 Å². The van der Waals surface area contributed by atoms with Gasteiger partial charge in [-0.15, -0.1) is 0 Å². The number of amides is 1. The fourth-order valence-corrected chi connectivity index (χ4v) is 3.45. The van der Waals surface area contributed by atoms with Crippen LogP contribution in [-0.4, -0.2) is 55.2 Å². The van der Waals surface area contributed by atoms with Crippen molar-refractivity contribution in [2.24, 2.45) is 0 Å². The SMILES string of the molecule is CN(Cc1ccc2c(c1)OCCO2)C(=O)C1CSCCN1. The summed E-state index contributed by atoms with van der Waals surface area (Å²) in [6, 6.07) is 5.80. The van der Waals surface area contributed by atoms with Gasteiger partial charge in [0, 0.05) is 31.6 Å². The molecule has 0 bridgehead atoms. The van der Waals surface area contributed by atoms with E-state index in [-0.39, 0.29) is 11.9 Å². The van der Waals surface area contributed by atoms with E-state index in [0.717, 1.165) is 35.1 Å². The maximum absolute atomic E-state index is 12.4. The van der Waals surface area contributed by atoms with Crippen LogP contribution in [0.3, 0.4) is 0 Å². The summed E-state index contributed by atoms with van der Waals surface area (Å²) in [5.41, 5.74) is 1.05. The Labute approximate surface area is 129 Å². The Morgan fingerprint density at radius 2 is 2.19 bits per heavy atom. The number of nitrogens with one attached hydrogen (secondary N) is 1. The Morgan fingerprint density at radius 1 is 1.38 bits per heavy atom. The Morgan fingerprint density at radius 3 is 2.95 bits per heavy atom. The van der Waals surface area contributed by atoms with Crippen molar-refractivity contribution in [2.45, 2.75) is 12.6 Å². The van der Waals surface area contributed by atoms with Crippen molar-refractivity contribution in [3.8, 4) is 11.5 Å². The number of ether oxygens (including phenoxy) is 2. The topological polar surface area (TPSA) is 50.8 Å². The third-order valence-electron chi connectivity index (χ3n) is 3.62. The van der Waals surface area contributed by atoms with Crippen LogP contribution in [0.4, 0.5) is 0 Å². The molecule has 6 heteroatoms. The van der Waals surface area contributed by atoms with E-state index in [9.17, 15) is 4.79 Å². The molecular weight excluding hydrogens is 288 g/mol. The summed E-state index contributed by atoms with van der Waals surface area (Å²) in [5, 5.41) is 3.28. The molecule has 0 radical (unpaired) electrons. The molecule has 5 nitrogen and oxygen atoms in total. The lowest BCUT2D eigenvalue weighted by Crippen LogP contribution is -2.49. The van der Waals surface area contributed by atoms with E-state index in [2.05, 4.69) is 5.32 Å². The molecule has 0 saturated carbocycles. The minimum absolute atomic E-state index is 0.0639. The second-order valence-corrected chi connectivity index (χ2v) is 6.40. The van der Waals surface area contributed by atoms with Gasteiger partial charge >= 0.3 is 0 Å². The summed E-state index contributed by atoms with van der Waals surface area (Å²) in [4.78, 5) is 14.2. The lowest BCUT2D eigenvalue weighted by atomic mass is 10.1. The van der Waals surface area contributed by atoms with Gasteiger partial charge in [0.25, 0.3) is 0 Å². The molecule has 21 heavy (non-hydrogen) atoms. The smallest absolute Gasteiger partial charge is 0.240 e. The van der Waals surface area contributed by atoms with Crippen molar-refractivity contribution in [3.05, 3.63) is 23.8 Å². The first-order chi connectivity index (χ1) is 10.2. The fourth-order valence-electron chi connectivity index (χ4n) is 2.53. The van der Waals surface area contributed by atoms with Crippen LogP contribution >= 0.6 is 11.8 Å². The van der Waals surface area contributed by atoms with Crippen LogP contribution < -0.4 is 14.8 Å². The molecule has 3 rings (SSSR count). The first-order valence-electron chi connectivity index (χ1n) is 7.18. The van der Waals surface area contributed by atoms with Gasteiger partial charge in [-0.05, 0) is 17.7 Å². The highest BCUT2D eigenvalue weighted by molar-refractivity contribution is 7.99. The minimum atomic E-state index is -0.0639. The van der Waals surface area contributed by atoms with Crippen molar-refractivity contribution >= 4 is 17.7 Å². The average molecular weight is 308 g/mol. The number of carbonyl (C=O) groups is 1. The van der Waals surface area contributed by atoms with Crippen molar-refractivity contribution < 1.29 is 14.3 Å². The van der Waals surface area contributed by atoms with Gasteiger partial charge in [-0.3, -0.25) is 4.79 Å². The van der Waals surface area contributed by atoms with Gasteiger partial charge < -0.3 is 19.7 Å². The van der Waals surface area contributed by atoms with E-state index in [1.807, 2.05) is 37.0 Å². The molecule has 1 fully saturated rings. The first-order valence-corrected chi connectivity index (χ1v) is 8.34. The minimum Gasteiger partial charge on any atom is -0.486 e. The summed E-state index contributed by atoms with van der Waals surface area (Å²) >= 11 is 1.83. The van der Waals surface area contributed by atoms with Gasteiger partial charge in [0.15, 0.2) is 11.5 Å². The number of rotatable bonds is 3. The molecule has 1 unspecified atom stereocenters. The number of hydrogen-bond acceptors (Lipinski definition) is 5. The van der Waals surface area contributed by atoms with Gasteiger partial charge in [0.1, 0.15) is 13.2 Å². The van der Waals surface area contributed by atoms with E-state index in [4.69, 9.17) is 9.47 Å². The largest absolute Gasteiger partial charge is 0.486 e. The highest BCUT2D eigenvalue weighted by Gasteiger charge is 2.24. The molecule has 2 aliphatic rings. The zero-order valence-electron chi connectivity index (χ0n) is 12.1. The predicted octanol–water partition coefficient (Wildman–Crippen LogP) is 1.12. The number of benzene rings is 1. The van der Waals surface area contributed by atoms with Crippen molar-refractivity contribution in [1.29, 1.82) is 0 Å². The van der Waals surface area contributed by atoms with Crippen molar-refractivity contribution in [3.63, 3.8) is 0 Å². The van der Waals surface area contributed by atoms with Gasteiger partial charge in [-0.1, -0.05) is 6.07 Å². The number of nitrogens with zero attached hydrogens (tertiary/aromatic N) is 1. The Hall–Kier alpha value is -1.40. The number of thioether (sulfide) groups is 1. The highest BCUT2D eigenvalue weighted by atomic mass is 32.2. The van der Waals surface area contributed by atoms with Gasteiger partial charge in [0.2, 0.25) is 5.91 Å². The number of likely N-dealkylation sites (N-methyl/N-ethyl adjacent to an activating group) is 1. The van der Waals surface area contributed by atoms with Crippen LogP contribution in [0.25, 0.3) is 0 Å². The van der Waals surface area contributed by atoms with Crippen molar-refractivity contribution in [1.82, 2.24) is 10.2 Å². The number of carbonyl (C=O) groups excluding carboxylic acids is 1. The third kappa shape index (κ3) is 3.44. The zero-order chi connectivity index (χ0) is 14.7. The fraction of sp³-hybridized carbons (Fsp3) is 0.533. The third-order valence-corrected chi connectivity index (χ3v) is 4.68. The summed E-state index contributed by atoms with van der Waals surface area (Å²) < 4.78 is 11.1. The zero-order valence-corrected chi connectivity index (χ0v) is 12.9. The van der Waals surface area contributed by atoms with E-state index in [1.54, 1.807) is 4.90 Å². The van der Waals surface area contributed by atoms with Crippen LogP contribution in [0.2, 0.25) is 0 Å². The summed E-state index contributed by atoms with van der Waals surface area (Å²) in [6.07, 6.45) is 0. The Balaban J connectivity index is 1.63. The average Bonchev–Trinajstić information content (AvgIpc) is 2.55. The summed E-state index contributed by atoms with van der Waals surface area (Å²) in [6.45, 7) is 2.65. The molecule has 114 valence electrons. The molecule has 0 aromatic heterocycles. The van der Waals surface area contributed by atoms with Crippen molar-refractivity contribution in [2.75, 3.05) is 38.3 Å². The molecule has 1 saturated heterocycles. The quantitative estimate of drug-likeness (QED) is 0.907. The van der Waals surface area contributed by atoms with Crippen LogP contribution in [0.1, 0.15) is 5.56 Å². The Bertz CT molecular complexity index is 518. The molecule has 1 N–H and O–H groups in total. The lowest BCUT2D eigenvalue weighted by Gasteiger charge is -2.27. The summed E-state index contributed by atoms with van der Waals surface area (Å²) in [5.74, 6) is 3.63. The molecule has 1 atom stereocenters. The first kappa shape index (κ1) is 14.5. The molecule has 1 amide bonds. The van der Waals surface area contributed by atoms with Gasteiger partial charge in [0.05, 0.1) is 6.04 Å². The second kappa shape index (κ2) is 6.58. The molecule has 0 spiro atoms. The van der Waals surface area contributed by atoms with Gasteiger partial charge in [-0.25, -0.2) is 0 Å². The predicted molar refractivity (Wildman–Crippen MR) is 83.0 cm³/mol. The van der Waals surface area contributed by atoms with E-state index in [0.29, 0.717) is 19.8 Å². The second-order valence-electron chi connectivity index (χ2n) is 5.25. The molecule has 1 aromatic carbocycles. The maximum Gasteiger partial charge on any atom is 0.240 e. The van der Waals surface area contributed by atoms with Crippen LogP contribution in [-0.2, 0) is 11.3 Å². The van der Waals surface area contributed by atoms with E-state index in [1.165, 1.54) is 0 Å². The van der Waals surface area contributed by atoms with E-state index >= 15 is 0 Å². The molecular formula is C15H20N2O3S. The molecule has 2 aliphatic heterocycles. The lowest BCUT2D eigenvalue weighted by molar-refractivity contribution is -0.132. The Kier molecular flexibility index (Phi) is 4.55. The van der Waals surface area contributed by atoms with Gasteiger partial charge in [-0.2, -0.15) is 11.8 Å². The number of fused-ring (bicyclic) bond motifs is 1. The molecule has 0 aliphatic carbocycles. The van der Waals surface area contributed by atoms with Crippen LogP contribution in [0.5, 0.6) is 11.5 Å². The normalized spacial score (nSPS) is 20.9.